The molecule has 1 saturated carbocycles. The van der Waals surface area contributed by atoms with Crippen molar-refractivity contribution in [2.45, 2.75) is 97.6 Å². The molecule has 10 rings (SSSR count). The standard InChI is InChI=1S/C54H64N2O6/c1-4-34(28-35-13-7-5-8-14-35)29-46-54-25-23-41(48(51(54)53(60)62-46)44-31-39(58)18-19-40(44)36-15-9-6-10-16-36)42-20-21-43-45(61-52(59)49(43)50(42)54)22-17-38(32-57)37-24-27-56-47(30-37)55-26-11-12-33(2)3/h5-10,13-16,18-19,22,29,31,33-34,37-38,41-42,47,50,55-58H,4,11-12,17,20-21,23-28,30,32H2,1-3H3/b45-22?,46-29-/t34-,37+,38+,41+,42-,47-,50+,54+/m0/s1. The minimum Gasteiger partial charge on any atom is -0.508 e. The fraction of sp³-hybridized carbons (Fsp3) is 0.481. The SMILES string of the molecule is CC[C@H](/C=C1\OC(=O)C2=C(c3cc(O)ccc3-c3ccccc3)[C@@H]3CC[C@@]21[C@H]1C2=C(CC[C@@H]31)C(=CC[C@H](CO)[C@@H]1CCN[C@H](NCCCC(C)C)C1)OC2=O)Cc1ccccc1. The van der Waals surface area contributed by atoms with Crippen LogP contribution in [0, 0.1) is 46.8 Å². The summed E-state index contributed by atoms with van der Waals surface area (Å²) in [6.45, 7) is 8.67. The number of aromatic hydroxyl groups is 1. The number of cyclic esters (lactones) is 2. The highest BCUT2D eigenvalue weighted by Crippen LogP contribution is 2.72. The molecule has 0 unspecified atom stereocenters. The molecule has 326 valence electrons. The van der Waals surface area contributed by atoms with Crippen molar-refractivity contribution in [2.75, 3.05) is 19.7 Å². The Morgan fingerprint density at radius 2 is 1.73 bits per heavy atom. The number of phenols is 1. The second-order valence-electron chi connectivity index (χ2n) is 19.3. The van der Waals surface area contributed by atoms with Gasteiger partial charge >= 0.3 is 11.9 Å². The zero-order valence-electron chi connectivity index (χ0n) is 36.7. The molecule has 3 heterocycles. The first-order valence-corrected chi connectivity index (χ1v) is 23.5. The van der Waals surface area contributed by atoms with Crippen molar-refractivity contribution in [1.29, 1.82) is 0 Å². The molecule has 62 heavy (non-hydrogen) atoms. The van der Waals surface area contributed by atoms with Gasteiger partial charge in [0.05, 0.1) is 17.2 Å². The van der Waals surface area contributed by atoms with Gasteiger partial charge in [-0.05, 0) is 171 Å². The Bertz CT molecular complexity index is 2280. The van der Waals surface area contributed by atoms with Crippen LogP contribution in [0.15, 0.2) is 119 Å². The van der Waals surface area contributed by atoms with Crippen molar-refractivity contribution < 1.29 is 29.3 Å². The fourth-order valence-electron chi connectivity index (χ4n) is 12.3. The largest absolute Gasteiger partial charge is 0.508 e. The number of rotatable bonds is 15. The zero-order chi connectivity index (χ0) is 43.0. The summed E-state index contributed by atoms with van der Waals surface area (Å²) in [5.74, 6) is 1.77. The molecule has 0 aromatic heterocycles. The molecule has 8 atom stereocenters. The third-order valence-electron chi connectivity index (χ3n) is 15.3. The summed E-state index contributed by atoms with van der Waals surface area (Å²) in [5.41, 5.74) is 6.49. The van der Waals surface area contributed by atoms with E-state index < -0.39 is 5.41 Å². The summed E-state index contributed by atoms with van der Waals surface area (Å²) in [7, 11) is 0. The summed E-state index contributed by atoms with van der Waals surface area (Å²) < 4.78 is 12.9. The number of phenolic OH excluding ortho intramolecular Hbond substituents is 1. The molecule has 2 saturated heterocycles. The molecule has 3 fully saturated rings. The van der Waals surface area contributed by atoms with Crippen LogP contribution in [-0.2, 0) is 25.5 Å². The summed E-state index contributed by atoms with van der Waals surface area (Å²) in [6.07, 6.45) is 14.2. The Hall–Kier alpha value is -4.76. The molecule has 3 aromatic carbocycles. The van der Waals surface area contributed by atoms with E-state index in [1.807, 2.05) is 36.4 Å². The van der Waals surface area contributed by atoms with Crippen molar-refractivity contribution >= 4 is 17.5 Å². The van der Waals surface area contributed by atoms with Crippen LogP contribution < -0.4 is 10.6 Å². The molecule has 3 aromatic rings. The maximum absolute atomic E-state index is 14.8. The highest BCUT2D eigenvalue weighted by Gasteiger charge is 2.68. The molecule has 0 radical (unpaired) electrons. The quantitative estimate of drug-likeness (QED) is 0.0884. The Kier molecular flexibility index (Phi) is 12.5. The molecule has 7 aliphatic rings. The number of carbonyl (C=O) groups is 2. The van der Waals surface area contributed by atoms with Gasteiger partial charge in [0.1, 0.15) is 17.3 Å². The van der Waals surface area contributed by atoms with Crippen LogP contribution >= 0.6 is 0 Å². The summed E-state index contributed by atoms with van der Waals surface area (Å²) in [5, 5.41) is 29.1. The van der Waals surface area contributed by atoms with E-state index in [4.69, 9.17) is 9.47 Å². The van der Waals surface area contributed by atoms with Crippen LogP contribution in [0.25, 0.3) is 16.7 Å². The molecule has 1 spiro atoms. The smallest absolute Gasteiger partial charge is 0.340 e. The van der Waals surface area contributed by atoms with E-state index in [1.165, 1.54) is 12.0 Å². The van der Waals surface area contributed by atoms with Crippen LogP contribution in [0.3, 0.4) is 0 Å². The van der Waals surface area contributed by atoms with Gasteiger partial charge in [0.15, 0.2) is 0 Å². The van der Waals surface area contributed by atoms with Crippen LogP contribution in [-0.4, -0.2) is 48.0 Å². The minimum atomic E-state index is -0.856. The molecule has 8 heteroatoms. The molecule has 4 aliphatic carbocycles. The van der Waals surface area contributed by atoms with Crippen molar-refractivity contribution in [3.63, 3.8) is 0 Å². The second kappa shape index (κ2) is 18.1. The molecule has 0 amide bonds. The molecule has 2 bridgehead atoms. The van der Waals surface area contributed by atoms with Gasteiger partial charge in [-0.3, -0.25) is 0 Å². The molecular weight excluding hydrogens is 773 g/mol. The minimum absolute atomic E-state index is 0.0141. The van der Waals surface area contributed by atoms with E-state index in [9.17, 15) is 19.8 Å². The maximum atomic E-state index is 14.8. The highest BCUT2D eigenvalue weighted by atomic mass is 16.5. The topological polar surface area (TPSA) is 117 Å². The number of aliphatic hydroxyl groups excluding tert-OH is 1. The number of ether oxygens (including phenoxy) is 2. The Morgan fingerprint density at radius 1 is 0.935 bits per heavy atom. The first-order valence-electron chi connectivity index (χ1n) is 23.5. The van der Waals surface area contributed by atoms with E-state index >= 15 is 0 Å². The Labute approximate surface area is 367 Å². The Morgan fingerprint density at radius 3 is 2.48 bits per heavy atom. The lowest BCUT2D eigenvalue weighted by molar-refractivity contribution is -0.135. The van der Waals surface area contributed by atoms with Crippen molar-refractivity contribution in [2.24, 2.45) is 46.8 Å². The van der Waals surface area contributed by atoms with Gasteiger partial charge in [0.2, 0.25) is 0 Å². The molecule has 3 aliphatic heterocycles. The van der Waals surface area contributed by atoms with Crippen molar-refractivity contribution in [1.82, 2.24) is 10.6 Å². The van der Waals surface area contributed by atoms with Gasteiger partial charge in [0.25, 0.3) is 0 Å². The van der Waals surface area contributed by atoms with Gasteiger partial charge < -0.3 is 30.3 Å². The Balaban J connectivity index is 1.10. The number of aliphatic hydroxyl groups is 1. The van der Waals surface area contributed by atoms with Crippen LogP contribution in [0.5, 0.6) is 5.75 Å². The molecule has 4 N–H and O–H groups in total. The number of carbonyl (C=O) groups excluding carboxylic acids is 2. The third-order valence-corrected chi connectivity index (χ3v) is 15.3. The predicted molar refractivity (Wildman–Crippen MR) is 243 cm³/mol. The first-order chi connectivity index (χ1) is 30.2. The number of nitrogens with one attached hydrogen (secondary N) is 2. The van der Waals surface area contributed by atoms with E-state index in [0.29, 0.717) is 53.8 Å². The van der Waals surface area contributed by atoms with E-state index in [1.54, 1.807) is 6.07 Å². The molecular formula is C54H64N2O6. The van der Waals surface area contributed by atoms with E-state index in [2.05, 4.69) is 80.0 Å². The lowest BCUT2D eigenvalue weighted by atomic mass is 9.44. The lowest BCUT2D eigenvalue weighted by Gasteiger charge is -2.56. The van der Waals surface area contributed by atoms with Gasteiger partial charge in [-0.15, -0.1) is 0 Å². The van der Waals surface area contributed by atoms with Gasteiger partial charge in [-0.1, -0.05) is 87.5 Å². The number of fused-ring (bicyclic) bond motifs is 1. The monoisotopic (exact) mass is 836 g/mol. The number of piperidine rings is 1. The van der Waals surface area contributed by atoms with Gasteiger partial charge in [0, 0.05) is 23.7 Å². The van der Waals surface area contributed by atoms with Crippen LogP contribution in [0.2, 0.25) is 0 Å². The van der Waals surface area contributed by atoms with E-state index in [0.717, 1.165) is 85.9 Å². The summed E-state index contributed by atoms with van der Waals surface area (Å²) in [4.78, 5) is 29.3. The zero-order valence-corrected chi connectivity index (χ0v) is 36.7. The normalized spacial score (nSPS) is 28.9. The molecule has 8 nitrogen and oxygen atoms in total. The fourth-order valence-corrected chi connectivity index (χ4v) is 12.3. The van der Waals surface area contributed by atoms with E-state index in [-0.39, 0.29) is 60.1 Å². The average molecular weight is 837 g/mol. The first kappa shape index (κ1) is 42.5. The lowest BCUT2D eigenvalue weighted by Crippen LogP contribution is -2.52. The second-order valence-corrected chi connectivity index (χ2v) is 19.3. The number of esters is 2. The number of hydrogen-bond donors (Lipinski definition) is 4. The highest BCUT2D eigenvalue weighted by molar-refractivity contribution is 6.07. The number of benzene rings is 3. The average Bonchev–Trinajstić information content (AvgIpc) is 3.77. The maximum Gasteiger partial charge on any atom is 0.340 e. The van der Waals surface area contributed by atoms with Crippen molar-refractivity contribution in [3.05, 3.63) is 130 Å². The van der Waals surface area contributed by atoms with Gasteiger partial charge in [-0.25, -0.2) is 9.59 Å². The summed E-state index contributed by atoms with van der Waals surface area (Å²) in [6, 6.07) is 26.2. The van der Waals surface area contributed by atoms with Crippen LogP contribution in [0.1, 0.15) is 96.1 Å². The van der Waals surface area contributed by atoms with Crippen LogP contribution in [0.4, 0.5) is 0 Å². The number of allylic oxidation sites excluding steroid dienone is 5. The van der Waals surface area contributed by atoms with Gasteiger partial charge in [-0.2, -0.15) is 0 Å². The number of hydrogen-bond acceptors (Lipinski definition) is 8. The predicted octanol–water partition coefficient (Wildman–Crippen LogP) is 10.0. The summed E-state index contributed by atoms with van der Waals surface area (Å²) >= 11 is 0. The van der Waals surface area contributed by atoms with Crippen molar-refractivity contribution in [3.8, 4) is 16.9 Å². The third kappa shape index (κ3) is 7.92.